The number of para-hydroxylation sites is 1. The Morgan fingerprint density at radius 2 is 1.75 bits per heavy atom. The van der Waals surface area contributed by atoms with Crippen LogP contribution in [0.1, 0.15) is 11.6 Å². The molecule has 0 bridgehead atoms. The highest BCUT2D eigenvalue weighted by molar-refractivity contribution is 5.89. The van der Waals surface area contributed by atoms with Crippen molar-refractivity contribution in [3.63, 3.8) is 0 Å². The van der Waals surface area contributed by atoms with Crippen LogP contribution < -0.4 is 5.56 Å². The molecule has 24 heavy (non-hydrogen) atoms. The normalized spacial score (nSPS) is 15.6. The Hall–Kier alpha value is -2.98. The van der Waals surface area contributed by atoms with Gasteiger partial charge in [0, 0.05) is 16.3 Å². The lowest BCUT2D eigenvalue weighted by molar-refractivity contribution is 0.252. The van der Waals surface area contributed by atoms with Crippen LogP contribution in [0.3, 0.4) is 0 Å². The number of rotatable bonds is 1. The summed E-state index contributed by atoms with van der Waals surface area (Å²) in [5, 5.41) is 12.5. The third-order valence-corrected chi connectivity index (χ3v) is 4.80. The Kier molecular flexibility index (Phi) is 2.67. The zero-order valence-corrected chi connectivity index (χ0v) is 12.8. The average Bonchev–Trinajstić information content (AvgIpc) is 2.93. The first-order valence-electron chi connectivity index (χ1n) is 7.93. The molecule has 0 aliphatic carbocycles. The van der Waals surface area contributed by atoms with Gasteiger partial charge < -0.3 is 5.11 Å². The van der Waals surface area contributed by atoms with Crippen LogP contribution in [-0.2, 0) is 0 Å². The smallest absolute Gasteiger partial charge is 0.259 e. The van der Waals surface area contributed by atoms with E-state index in [1.807, 2.05) is 60.7 Å². The number of pyridine rings is 2. The second-order valence-electron chi connectivity index (χ2n) is 6.11. The maximum absolute atomic E-state index is 13.0. The molecule has 1 aliphatic heterocycles. The minimum Gasteiger partial charge on any atom is -0.394 e. The summed E-state index contributed by atoms with van der Waals surface area (Å²) in [5.41, 5.74) is 3.28. The van der Waals surface area contributed by atoms with E-state index in [0.29, 0.717) is 5.39 Å². The van der Waals surface area contributed by atoms with Gasteiger partial charge in [-0.2, -0.15) is 0 Å². The van der Waals surface area contributed by atoms with Gasteiger partial charge in [0.05, 0.1) is 29.6 Å². The second-order valence-corrected chi connectivity index (χ2v) is 6.11. The third-order valence-electron chi connectivity index (χ3n) is 4.80. The molecular weight excluding hydrogens is 300 g/mol. The number of aliphatic hydroxyl groups is 1. The van der Waals surface area contributed by atoms with E-state index in [1.165, 1.54) is 0 Å². The van der Waals surface area contributed by atoms with E-state index in [4.69, 9.17) is 4.98 Å². The first kappa shape index (κ1) is 13.5. The molecule has 1 unspecified atom stereocenters. The lowest BCUT2D eigenvalue weighted by atomic mass is 10.0. The molecule has 2 aromatic carbocycles. The zero-order chi connectivity index (χ0) is 16.3. The van der Waals surface area contributed by atoms with E-state index in [9.17, 15) is 9.90 Å². The van der Waals surface area contributed by atoms with Gasteiger partial charge >= 0.3 is 0 Å². The molecule has 0 fully saturated rings. The molecule has 1 aliphatic rings. The number of fused-ring (bicyclic) bond motifs is 5. The van der Waals surface area contributed by atoms with Crippen LogP contribution in [0.5, 0.6) is 0 Å². The monoisotopic (exact) mass is 314 g/mol. The summed E-state index contributed by atoms with van der Waals surface area (Å²) in [6, 6.07) is 19.1. The molecular formula is C20H14N2O2. The van der Waals surface area contributed by atoms with Crippen LogP contribution in [0.4, 0.5) is 0 Å². The Balaban J connectivity index is 1.93. The summed E-state index contributed by atoms with van der Waals surface area (Å²) in [6.45, 7) is -0.127. The van der Waals surface area contributed by atoms with Gasteiger partial charge in [0.15, 0.2) is 0 Å². The highest BCUT2D eigenvalue weighted by Crippen LogP contribution is 2.39. The van der Waals surface area contributed by atoms with Crippen LogP contribution in [0.25, 0.3) is 33.1 Å². The zero-order valence-electron chi connectivity index (χ0n) is 12.8. The van der Waals surface area contributed by atoms with Crippen molar-refractivity contribution < 1.29 is 5.11 Å². The molecule has 0 spiro atoms. The number of hydrogen-bond donors (Lipinski definition) is 1. The van der Waals surface area contributed by atoms with Crippen molar-refractivity contribution in [1.29, 1.82) is 0 Å². The maximum Gasteiger partial charge on any atom is 0.259 e. The van der Waals surface area contributed by atoms with Gasteiger partial charge in [-0.1, -0.05) is 36.4 Å². The highest BCUT2D eigenvalue weighted by atomic mass is 16.3. The van der Waals surface area contributed by atoms with Gasteiger partial charge in [-0.15, -0.1) is 0 Å². The van der Waals surface area contributed by atoms with Crippen molar-refractivity contribution in [2.45, 2.75) is 6.04 Å². The Bertz CT molecular complexity index is 1180. The first-order valence-corrected chi connectivity index (χ1v) is 7.93. The second kappa shape index (κ2) is 4.76. The van der Waals surface area contributed by atoms with Gasteiger partial charge in [-0.25, -0.2) is 4.98 Å². The van der Waals surface area contributed by atoms with E-state index < -0.39 is 0 Å². The predicted octanol–water partition coefficient (Wildman–Crippen LogP) is 3.11. The fourth-order valence-corrected chi connectivity index (χ4v) is 3.68. The maximum atomic E-state index is 13.0. The SMILES string of the molecule is O=c1c2ccccc2cc2n1C(CO)c1cc3ccccc3nc1-2. The summed E-state index contributed by atoms with van der Waals surface area (Å²) >= 11 is 0. The lowest BCUT2D eigenvalue weighted by Gasteiger charge is -2.13. The summed E-state index contributed by atoms with van der Waals surface area (Å²) in [5.74, 6) is 0. The first-order chi connectivity index (χ1) is 11.8. The number of benzene rings is 2. The van der Waals surface area contributed by atoms with Crippen molar-refractivity contribution in [3.05, 3.63) is 76.6 Å². The van der Waals surface area contributed by atoms with E-state index in [-0.39, 0.29) is 18.2 Å². The summed E-state index contributed by atoms with van der Waals surface area (Å²) in [7, 11) is 0. The fraction of sp³-hybridized carbons (Fsp3) is 0.100. The number of aromatic nitrogens is 2. The van der Waals surface area contributed by atoms with Gasteiger partial charge in [0.25, 0.3) is 5.56 Å². The van der Waals surface area contributed by atoms with Gasteiger partial charge in [0.1, 0.15) is 0 Å². The molecule has 2 aromatic heterocycles. The minimum atomic E-state index is -0.385. The van der Waals surface area contributed by atoms with Crippen molar-refractivity contribution >= 4 is 21.7 Å². The third kappa shape index (κ3) is 1.66. The molecule has 1 N–H and O–H groups in total. The van der Waals surface area contributed by atoms with E-state index >= 15 is 0 Å². The lowest BCUT2D eigenvalue weighted by Crippen LogP contribution is -2.25. The minimum absolute atomic E-state index is 0.0794. The molecule has 1 atom stereocenters. The van der Waals surface area contributed by atoms with Crippen LogP contribution in [-0.4, -0.2) is 21.3 Å². The standard InChI is InChI=1S/C20H14N2O2/c23-11-18-15-9-13-6-2-4-8-16(13)21-19(15)17-10-12-5-1-3-7-14(12)20(24)22(17)18/h1-10,18,23H,11H2. The highest BCUT2D eigenvalue weighted by Gasteiger charge is 2.31. The Morgan fingerprint density at radius 1 is 1.00 bits per heavy atom. The summed E-state index contributed by atoms with van der Waals surface area (Å²) in [4.78, 5) is 17.7. The Labute approximate surface area is 137 Å². The van der Waals surface area contributed by atoms with Crippen molar-refractivity contribution in [1.82, 2.24) is 9.55 Å². The molecule has 4 aromatic rings. The van der Waals surface area contributed by atoms with Gasteiger partial charge in [0.2, 0.25) is 0 Å². The summed E-state index contributed by atoms with van der Waals surface area (Å²) < 4.78 is 1.68. The molecule has 0 saturated carbocycles. The van der Waals surface area contributed by atoms with Gasteiger partial charge in [-0.05, 0) is 29.7 Å². The fourth-order valence-electron chi connectivity index (χ4n) is 3.68. The Morgan fingerprint density at radius 3 is 2.58 bits per heavy atom. The van der Waals surface area contributed by atoms with E-state index in [1.54, 1.807) is 4.57 Å². The van der Waals surface area contributed by atoms with E-state index in [0.717, 1.165) is 33.2 Å². The molecule has 0 radical (unpaired) electrons. The molecule has 116 valence electrons. The molecule has 0 saturated heterocycles. The number of aliphatic hydroxyl groups excluding tert-OH is 1. The predicted molar refractivity (Wildman–Crippen MR) is 94.2 cm³/mol. The van der Waals surface area contributed by atoms with Crippen molar-refractivity contribution in [2.75, 3.05) is 6.61 Å². The largest absolute Gasteiger partial charge is 0.394 e. The topological polar surface area (TPSA) is 55.1 Å². The molecule has 0 amide bonds. The summed E-state index contributed by atoms with van der Waals surface area (Å²) in [6.07, 6.45) is 0. The van der Waals surface area contributed by atoms with Crippen LogP contribution >= 0.6 is 0 Å². The number of nitrogens with zero attached hydrogens (tertiary/aromatic N) is 2. The van der Waals surface area contributed by atoms with E-state index in [2.05, 4.69) is 0 Å². The molecule has 5 rings (SSSR count). The van der Waals surface area contributed by atoms with Crippen molar-refractivity contribution in [3.8, 4) is 11.4 Å². The molecule has 4 nitrogen and oxygen atoms in total. The quantitative estimate of drug-likeness (QED) is 0.587. The van der Waals surface area contributed by atoms with Crippen LogP contribution in [0, 0.1) is 0 Å². The molecule has 4 heteroatoms. The van der Waals surface area contributed by atoms with Crippen LogP contribution in [0.15, 0.2) is 65.5 Å². The van der Waals surface area contributed by atoms with Crippen LogP contribution in [0.2, 0.25) is 0 Å². The van der Waals surface area contributed by atoms with Gasteiger partial charge in [-0.3, -0.25) is 9.36 Å². The van der Waals surface area contributed by atoms with Crippen molar-refractivity contribution in [2.24, 2.45) is 0 Å². The average molecular weight is 314 g/mol. The molecule has 3 heterocycles. The number of hydrogen-bond acceptors (Lipinski definition) is 3.